The molecule has 0 aromatic heterocycles. The normalized spacial score (nSPS) is 10.2. The van der Waals surface area contributed by atoms with Gasteiger partial charge >= 0.3 is 5.97 Å². The van der Waals surface area contributed by atoms with Crippen molar-refractivity contribution in [3.63, 3.8) is 0 Å². The van der Waals surface area contributed by atoms with Gasteiger partial charge in [0.15, 0.2) is 0 Å². The lowest BCUT2D eigenvalue weighted by molar-refractivity contribution is 0.0697. The number of carbonyl (C=O) groups is 1. The Morgan fingerprint density at radius 2 is 2.14 bits per heavy atom. The Bertz CT molecular complexity index is 363. The third kappa shape index (κ3) is 2.18. The average molecular weight is 235 g/mol. The summed E-state index contributed by atoms with van der Waals surface area (Å²) in [6, 6.07) is 2.86. The number of hydrogen-bond donors (Lipinski definition) is 1. The lowest BCUT2D eigenvalue weighted by atomic mass is 10.1. The fraction of sp³-hybridized carbons (Fsp3) is 0.222. The number of carboxylic acid groups (broad SMARTS) is 1. The van der Waals surface area contributed by atoms with Crippen molar-refractivity contribution in [2.45, 2.75) is 6.61 Å². The molecule has 3 nitrogen and oxygen atoms in total. The predicted octanol–water partition coefficient (Wildman–Crippen LogP) is 2.84. The Kier molecular flexibility index (Phi) is 3.75. The summed E-state index contributed by atoms with van der Waals surface area (Å²) in [5, 5.41) is 9.32. The number of aromatic carboxylic acids is 1. The van der Waals surface area contributed by atoms with Crippen LogP contribution in [0.4, 0.5) is 0 Å². The Labute approximate surface area is 91.2 Å². The van der Waals surface area contributed by atoms with E-state index in [1.165, 1.54) is 19.2 Å². The van der Waals surface area contributed by atoms with Gasteiger partial charge < -0.3 is 9.84 Å². The molecule has 0 saturated heterocycles. The predicted molar refractivity (Wildman–Crippen MR) is 54.1 cm³/mol. The second-order valence-corrected chi connectivity index (χ2v) is 3.41. The van der Waals surface area contributed by atoms with E-state index in [-0.39, 0.29) is 17.2 Å². The highest BCUT2D eigenvalue weighted by molar-refractivity contribution is 6.37. The molecular formula is C9H8Cl2O3. The molecule has 14 heavy (non-hydrogen) atoms. The summed E-state index contributed by atoms with van der Waals surface area (Å²) in [4.78, 5) is 10.7. The number of methoxy groups -OCH3 is 1. The van der Waals surface area contributed by atoms with Gasteiger partial charge in [-0.1, -0.05) is 23.2 Å². The van der Waals surface area contributed by atoms with Crippen LogP contribution in [0, 0.1) is 0 Å². The summed E-state index contributed by atoms with van der Waals surface area (Å²) in [6.45, 7) is 0.193. The van der Waals surface area contributed by atoms with Crippen molar-refractivity contribution in [2.24, 2.45) is 0 Å². The molecular weight excluding hydrogens is 227 g/mol. The maximum absolute atomic E-state index is 10.7. The van der Waals surface area contributed by atoms with E-state index in [2.05, 4.69) is 0 Å². The van der Waals surface area contributed by atoms with Gasteiger partial charge in [-0.2, -0.15) is 0 Å². The average Bonchev–Trinajstić information content (AvgIpc) is 2.11. The van der Waals surface area contributed by atoms with Crippen LogP contribution in [0.1, 0.15) is 15.9 Å². The summed E-state index contributed by atoms with van der Waals surface area (Å²) in [5.74, 6) is -1.08. The van der Waals surface area contributed by atoms with Crippen LogP contribution in [0.2, 0.25) is 10.0 Å². The zero-order valence-electron chi connectivity index (χ0n) is 7.38. The smallest absolute Gasteiger partial charge is 0.337 e. The second kappa shape index (κ2) is 4.64. The molecule has 0 aliphatic heterocycles. The molecule has 0 aliphatic carbocycles. The Hall–Kier alpha value is -0.770. The maximum Gasteiger partial charge on any atom is 0.337 e. The van der Waals surface area contributed by atoms with Gasteiger partial charge in [-0.25, -0.2) is 4.79 Å². The van der Waals surface area contributed by atoms with E-state index < -0.39 is 5.97 Å². The van der Waals surface area contributed by atoms with Gasteiger partial charge in [-0.15, -0.1) is 0 Å². The molecule has 5 heteroatoms. The third-order valence-electron chi connectivity index (χ3n) is 1.71. The standard InChI is InChI=1S/C9H8Cl2O3/c1-14-4-6-7(10)3-2-5(8(6)11)9(12)13/h2-3H,4H2,1H3,(H,12,13). The first-order valence-corrected chi connectivity index (χ1v) is 4.52. The van der Waals surface area contributed by atoms with Gasteiger partial charge in [0.05, 0.1) is 17.2 Å². The SMILES string of the molecule is COCc1c(Cl)ccc(C(=O)O)c1Cl. The largest absolute Gasteiger partial charge is 0.478 e. The fourth-order valence-corrected chi connectivity index (χ4v) is 1.60. The van der Waals surface area contributed by atoms with E-state index in [1.807, 2.05) is 0 Å². The molecule has 1 rings (SSSR count). The van der Waals surface area contributed by atoms with Gasteiger partial charge in [0.25, 0.3) is 0 Å². The topological polar surface area (TPSA) is 46.5 Å². The zero-order chi connectivity index (χ0) is 10.7. The molecule has 1 aromatic rings. The summed E-state index contributed by atoms with van der Waals surface area (Å²) in [7, 11) is 1.49. The van der Waals surface area contributed by atoms with E-state index >= 15 is 0 Å². The lowest BCUT2D eigenvalue weighted by Crippen LogP contribution is -2.01. The summed E-state index contributed by atoms with van der Waals surface area (Å²) >= 11 is 11.7. The molecule has 0 unspecified atom stereocenters. The van der Waals surface area contributed by atoms with Crippen molar-refractivity contribution in [3.05, 3.63) is 33.3 Å². The molecule has 0 spiro atoms. The first-order chi connectivity index (χ1) is 6.57. The molecule has 0 bridgehead atoms. The molecule has 0 radical (unpaired) electrons. The van der Waals surface area contributed by atoms with Crippen LogP contribution in [0.3, 0.4) is 0 Å². The quantitative estimate of drug-likeness (QED) is 0.876. The van der Waals surface area contributed by atoms with Crippen LogP contribution in [-0.4, -0.2) is 18.2 Å². The molecule has 1 aromatic carbocycles. The van der Waals surface area contributed by atoms with E-state index in [1.54, 1.807) is 0 Å². The molecule has 1 N–H and O–H groups in total. The highest BCUT2D eigenvalue weighted by Gasteiger charge is 2.14. The minimum absolute atomic E-state index is 0.0307. The molecule has 0 fully saturated rings. The van der Waals surface area contributed by atoms with Crippen LogP contribution in [0.5, 0.6) is 0 Å². The number of ether oxygens (including phenoxy) is 1. The van der Waals surface area contributed by atoms with E-state index in [0.29, 0.717) is 10.6 Å². The van der Waals surface area contributed by atoms with Crippen molar-refractivity contribution >= 4 is 29.2 Å². The molecule has 0 heterocycles. The van der Waals surface area contributed by atoms with Crippen molar-refractivity contribution in [3.8, 4) is 0 Å². The van der Waals surface area contributed by atoms with Gasteiger partial charge in [0, 0.05) is 17.7 Å². The highest BCUT2D eigenvalue weighted by Crippen LogP contribution is 2.28. The van der Waals surface area contributed by atoms with Crippen molar-refractivity contribution in [1.29, 1.82) is 0 Å². The molecule has 76 valence electrons. The lowest BCUT2D eigenvalue weighted by Gasteiger charge is -2.07. The number of rotatable bonds is 3. The molecule has 0 saturated carbocycles. The van der Waals surface area contributed by atoms with Crippen LogP contribution >= 0.6 is 23.2 Å². The van der Waals surface area contributed by atoms with E-state index in [4.69, 9.17) is 33.0 Å². The number of hydrogen-bond acceptors (Lipinski definition) is 2. The van der Waals surface area contributed by atoms with Gasteiger partial charge in [0.2, 0.25) is 0 Å². The number of halogens is 2. The van der Waals surface area contributed by atoms with Gasteiger partial charge in [0.1, 0.15) is 0 Å². The van der Waals surface area contributed by atoms with E-state index in [0.717, 1.165) is 0 Å². The molecule has 0 aliphatic rings. The summed E-state index contributed by atoms with van der Waals surface area (Å²) in [6.07, 6.45) is 0. The first kappa shape index (κ1) is 11.3. The summed E-state index contributed by atoms with van der Waals surface area (Å²) in [5.41, 5.74) is 0.527. The minimum Gasteiger partial charge on any atom is -0.478 e. The number of benzene rings is 1. The highest BCUT2D eigenvalue weighted by atomic mass is 35.5. The minimum atomic E-state index is -1.08. The molecule has 0 atom stereocenters. The number of carboxylic acids is 1. The van der Waals surface area contributed by atoms with Crippen LogP contribution in [0.15, 0.2) is 12.1 Å². The maximum atomic E-state index is 10.7. The van der Waals surface area contributed by atoms with Crippen molar-refractivity contribution < 1.29 is 14.6 Å². The monoisotopic (exact) mass is 234 g/mol. The second-order valence-electron chi connectivity index (χ2n) is 2.63. The first-order valence-electron chi connectivity index (χ1n) is 3.77. The van der Waals surface area contributed by atoms with Crippen LogP contribution < -0.4 is 0 Å². The van der Waals surface area contributed by atoms with Crippen LogP contribution in [0.25, 0.3) is 0 Å². The van der Waals surface area contributed by atoms with E-state index in [9.17, 15) is 4.79 Å². The molecule has 0 amide bonds. The Morgan fingerprint density at radius 3 is 2.64 bits per heavy atom. The van der Waals surface area contributed by atoms with Crippen molar-refractivity contribution in [1.82, 2.24) is 0 Å². The Morgan fingerprint density at radius 1 is 1.50 bits per heavy atom. The Balaban J connectivity index is 3.26. The van der Waals surface area contributed by atoms with Gasteiger partial charge in [-0.05, 0) is 12.1 Å². The third-order valence-corrected chi connectivity index (χ3v) is 2.49. The van der Waals surface area contributed by atoms with Crippen LogP contribution in [-0.2, 0) is 11.3 Å². The fourth-order valence-electron chi connectivity index (χ4n) is 1.04. The van der Waals surface area contributed by atoms with Gasteiger partial charge in [-0.3, -0.25) is 0 Å². The summed E-state index contributed by atoms with van der Waals surface area (Å²) < 4.78 is 4.86. The zero-order valence-corrected chi connectivity index (χ0v) is 8.89. The van der Waals surface area contributed by atoms with Crippen molar-refractivity contribution in [2.75, 3.05) is 7.11 Å².